The van der Waals surface area contributed by atoms with Crippen LogP contribution < -0.4 is 5.32 Å². The number of nitrogens with one attached hydrogen (secondary N) is 1. The summed E-state index contributed by atoms with van der Waals surface area (Å²) in [5, 5.41) is 2.83. The Kier molecular flexibility index (Phi) is 5.86. The molecule has 0 aromatic heterocycles. The predicted molar refractivity (Wildman–Crippen MR) is 87.4 cm³/mol. The number of rotatable bonds is 5. The lowest BCUT2D eigenvalue weighted by atomic mass is 9.79. The van der Waals surface area contributed by atoms with Crippen molar-refractivity contribution in [2.45, 2.75) is 77.7 Å². The molecule has 0 bridgehead atoms. The maximum Gasteiger partial charge on any atom is 0.407 e. The van der Waals surface area contributed by atoms with Gasteiger partial charge in [-0.05, 0) is 54.9 Å². The second kappa shape index (κ2) is 6.77. The Morgan fingerprint density at radius 2 is 1.87 bits per heavy atom. The molecule has 0 saturated carbocycles. The molecule has 1 fully saturated rings. The predicted octanol–water partition coefficient (Wildman–Crippen LogP) is 2.69. The molecule has 0 aromatic carbocycles. The topological polar surface area (TPSA) is 73.9 Å². The van der Waals surface area contributed by atoms with Crippen molar-refractivity contribution in [2.75, 3.05) is 13.7 Å². The van der Waals surface area contributed by atoms with Gasteiger partial charge in [-0.25, -0.2) is 4.79 Å². The van der Waals surface area contributed by atoms with E-state index in [0.717, 1.165) is 0 Å². The number of ether oxygens (including phenoxy) is 3. The summed E-state index contributed by atoms with van der Waals surface area (Å²) in [6, 6.07) is -0.408. The van der Waals surface area contributed by atoms with Crippen LogP contribution in [0.2, 0.25) is 0 Å². The molecule has 0 aromatic rings. The highest BCUT2D eigenvalue weighted by molar-refractivity contribution is 5.92. The third-order valence-electron chi connectivity index (χ3n) is 3.88. The van der Waals surface area contributed by atoms with E-state index in [1.807, 2.05) is 13.8 Å². The molecular weight excluding hydrogens is 298 g/mol. The normalized spacial score (nSPS) is 24.3. The third kappa shape index (κ3) is 5.18. The summed E-state index contributed by atoms with van der Waals surface area (Å²) in [5.41, 5.74) is -2.13. The minimum Gasteiger partial charge on any atom is -0.444 e. The Bertz CT molecular complexity index is 450. The molecule has 6 nitrogen and oxygen atoms in total. The zero-order valence-corrected chi connectivity index (χ0v) is 15.6. The lowest BCUT2D eigenvalue weighted by Gasteiger charge is -2.32. The zero-order valence-electron chi connectivity index (χ0n) is 15.6. The van der Waals surface area contributed by atoms with Crippen LogP contribution in [0.4, 0.5) is 4.79 Å². The second-order valence-corrected chi connectivity index (χ2v) is 8.09. The van der Waals surface area contributed by atoms with Gasteiger partial charge in [0.25, 0.3) is 0 Å². The molecule has 134 valence electrons. The first-order valence-corrected chi connectivity index (χ1v) is 8.03. The highest BCUT2D eigenvalue weighted by atomic mass is 16.6. The summed E-state index contributed by atoms with van der Waals surface area (Å²) in [7, 11) is 1.59. The van der Waals surface area contributed by atoms with Gasteiger partial charge in [0.05, 0.1) is 11.5 Å². The first-order chi connectivity index (χ1) is 10.3. The van der Waals surface area contributed by atoms with Crippen molar-refractivity contribution in [3.8, 4) is 0 Å². The number of hydrogen-bond donors (Lipinski definition) is 1. The highest BCUT2D eigenvalue weighted by Crippen LogP contribution is 2.41. The van der Waals surface area contributed by atoms with Crippen LogP contribution in [-0.4, -0.2) is 48.4 Å². The van der Waals surface area contributed by atoms with E-state index in [1.165, 1.54) is 0 Å². The van der Waals surface area contributed by atoms with Crippen molar-refractivity contribution in [2.24, 2.45) is 5.92 Å². The van der Waals surface area contributed by atoms with Crippen LogP contribution in [-0.2, 0) is 19.0 Å². The number of carbonyl (C=O) groups is 2. The summed E-state index contributed by atoms with van der Waals surface area (Å²) < 4.78 is 16.4. The SMILES string of the molecule is COCCC(NC(=O)OC(C)(C)C)C1C(=O)C(C)(C)OC1(C)C. The van der Waals surface area contributed by atoms with E-state index in [-0.39, 0.29) is 5.78 Å². The number of Topliss-reactive ketones (excluding diaryl/α,β-unsaturated/α-hetero) is 1. The van der Waals surface area contributed by atoms with Crippen molar-refractivity contribution in [3.63, 3.8) is 0 Å². The first-order valence-electron chi connectivity index (χ1n) is 8.03. The molecule has 0 radical (unpaired) electrons. The van der Waals surface area contributed by atoms with E-state index in [2.05, 4.69) is 5.32 Å². The van der Waals surface area contributed by atoms with Gasteiger partial charge < -0.3 is 19.5 Å². The van der Waals surface area contributed by atoms with Crippen molar-refractivity contribution in [3.05, 3.63) is 0 Å². The Morgan fingerprint density at radius 3 is 2.26 bits per heavy atom. The molecule has 1 saturated heterocycles. The summed E-state index contributed by atoms with van der Waals surface area (Å²) >= 11 is 0. The van der Waals surface area contributed by atoms with Crippen LogP contribution in [0.3, 0.4) is 0 Å². The summed E-state index contributed by atoms with van der Waals surface area (Å²) in [6.07, 6.45) is -0.0263. The molecule has 1 amide bonds. The fourth-order valence-electron chi connectivity index (χ4n) is 3.15. The van der Waals surface area contributed by atoms with Gasteiger partial charge >= 0.3 is 6.09 Å². The van der Waals surface area contributed by atoms with Crippen molar-refractivity contribution in [1.29, 1.82) is 0 Å². The quantitative estimate of drug-likeness (QED) is 0.839. The Balaban J connectivity index is 2.97. The number of alkyl carbamates (subject to hydrolysis) is 1. The molecule has 1 N–H and O–H groups in total. The Hall–Kier alpha value is -1.14. The van der Waals surface area contributed by atoms with Crippen molar-refractivity contribution >= 4 is 11.9 Å². The molecule has 6 heteroatoms. The van der Waals surface area contributed by atoms with E-state index in [0.29, 0.717) is 13.0 Å². The maximum atomic E-state index is 12.8. The Labute approximate surface area is 139 Å². The van der Waals surface area contributed by atoms with Gasteiger partial charge in [0, 0.05) is 19.8 Å². The molecule has 0 spiro atoms. The number of amides is 1. The van der Waals surface area contributed by atoms with Crippen molar-refractivity contribution in [1.82, 2.24) is 5.32 Å². The van der Waals surface area contributed by atoms with E-state index < -0.39 is 34.9 Å². The van der Waals surface area contributed by atoms with Gasteiger partial charge in [0.2, 0.25) is 0 Å². The monoisotopic (exact) mass is 329 g/mol. The highest BCUT2D eigenvalue weighted by Gasteiger charge is 2.56. The van der Waals surface area contributed by atoms with E-state index >= 15 is 0 Å². The lowest BCUT2D eigenvalue weighted by Crippen LogP contribution is -2.51. The molecule has 1 rings (SSSR count). The van der Waals surface area contributed by atoms with E-state index in [4.69, 9.17) is 14.2 Å². The fourth-order valence-corrected chi connectivity index (χ4v) is 3.15. The molecule has 1 aliphatic rings. The number of ketones is 1. The van der Waals surface area contributed by atoms with Crippen LogP contribution in [0.25, 0.3) is 0 Å². The van der Waals surface area contributed by atoms with Gasteiger partial charge in [-0.15, -0.1) is 0 Å². The molecule has 1 aliphatic heterocycles. The van der Waals surface area contributed by atoms with Crippen LogP contribution in [0.5, 0.6) is 0 Å². The minimum absolute atomic E-state index is 0.0142. The molecule has 2 atom stereocenters. The van der Waals surface area contributed by atoms with Gasteiger partial charge in [-0.1, -0.05) is 0 Å². The lowest BCUT2D eigenvalue weighted by molar-refractivity contribution is -0.132. The molecular formula is C17H31NO5. The van der Waals surface area contributed by atoms with Crippen LogP contribution in [0.1, 0.15) is 54.9 Å². The third-order valence-corrected chi connectivity index (χ3v) is 3.88. The van der Waals surface area contributed by atoms with Gasteiger partial charge in [0.1, 0.15) is 11.2 Å². The van der Waals surface area contributed by atoms with Crippen LogP contribution >= 0.6 is 0 Å². The summed E-state index contributed by atoms with van der Waals surface area (Å²) in [5.74, 6) is -0.472. The van der Waals surface area contributed by atoms with Crippen LogP contribution in [0.15, 0.2) is 0 Å². The van der Waals surface area contributed by atoms with Gasteiger partial charge in [0.15, 0.2) is 5.78 Å². The Morgan fingerprint density at radius 1 is 1.30 bits per heavy atom. The van der Waals surface area contributed by atoms with Crippen LogP contribution in [0, 0.1) is 5.92 Å². The van der Waals surface area contributed by atoms with Gasteiger partial charge in [-0.2, -0.15) is 0 Å². The number of carbonyl (C=O) groups excluding carboxylic acids is 2. The van der Waals surface area contributed by atoms with E-state index in [1.54, 1.807) is 41.7 Å². The van der Waals surface area contributed by atoms with Gasteiger partial charge in [-0.3, -0.25) is 4.79 Å². The molecule has 1 heterocycles. The average Bonchev–Trinajstić information content (AvgIpc) is 2.47. The molecule has 23 heavy (non-hydrogen) atoms. The maximum absolute atomic E-state index is 12.8. The standard InChI is InChI=1S/C17H31NO5/c1-15(2,3)22-14(20)18-11(9-10-21-8)12-13(19)17(6,7)23-16(12,4)5/h11-12H,9-10H2,1-8H3,(H,18,20). The smallest absolute Gasteiger partial charge is 0.407 e. The zero-order chi connectivity index (χ0) is 18.1. The average molecular weight is 329 g/mol. The molecule has 2 unspecified atom stereocenters. The fraction of sp³-hybridized carbons (Fsp3) is 0.882. The molecule has 0 aliphatic carbocycles. The van der Waals surface area contributed by atoms with E-state index in [9.17, 15) is 9.59 Å². The summed E-state index contributed by atoms with van der Waals surface area (Å²) in [4.78, 5) is 24.9. The van der Waals surface area contributed by atoms with Crippen molar-refractivity contribution < 1.29 is 23.8 Å². The summed E-state index contributed by atoms with van der Waals surface area (Å²) in [6.45, 7) is 13.1. The second-order valence-electron chi connectivity index (χ2n) is 8.09. The first kappa shape index (κ1) is 19.9. The largest absolute Gasteiger partial charge is 0.444 e. The number of methoxy groups -OCH3 is 1. The number of hydrogen-bond acceptors (Lipinski definition) is 5. The minimum atomic E-state index is -0.866.